The third kappa shape index (κ3) is 1.09. The van der Waals surface area contributed by atoms with Crippen LogP contribution in [-0.2, 0) is 4.79 Å². The predicted octanol–water partition coefficient (Wildman–Crippen LogP) is 0.876. The van der Waals surface area contributed by atoms with Gasteiger partial charge in [-0.15, -0.1) is 0 Å². The van der Waals surface area contributed by atoms with Crippen LogP contribution in [-0.4, -0.2) is 16.5 Å². The van der Waals surface area contributed by atoms with Gasteiger partial charge in [-0.3, -0.25) is 4.79 Å². The molecule has 0 aromatic heterocycles. The zero-order chi connectivity index (χ0) is 9.64. The van der Waals surface area contributed by atoms with Crippen LogP contribution < -0.4 is 0 Å². The van der Waals surface area contributed by atoms with Crippen LogP contribution >= 0.6 is 0 Å². The number of carbonyl (C=O) groups excluding carboxylic acids is 1. The first-order valence-electron chi connectivity index (χ1n) is 4.71. The molecule has 3 heteroatoms. The fourth-order valence-corrected chi connectivity index (χ4v) is 2.80. The first kappa shape index (κ1) is 8.71. The number of nitrogens with zero attached hydrogens (tertiary/aromatic N) is 1. The van der Waals surface area contributed by atoms with E-state index < -0.39 is 5.60 Å². The summed E-state index contributed by atoms with van der Waals surface area (Å²) in [6.45, 7) is 1.99. The number of rotatable bonds is 0. The van der Waals surface area contributed by atoms with Gasteiger partial charge in [-0.2, -0.15) is 5.26 Å². The number of nitriles is 1. The highest BCUT2D eigenvalue weighted by atomic mass is 16.3. The van der Waals surface area contributed by atoms with Crippen LogP contribution in [0.4, 0.5) is 0 Å². The Balaban J connectivity index is 2.33. The van der Waals surface area contributed by atoms with Crippen molar-refractivity contribution >= 4 is 5.78 Å². The molecule has 0 aliphatic heterocycles. The van der Waals surface area contributed by atoms with Crippen LogP contribution in [0, 0.1) is 29.1 Å². The van der Waals surface area contributed by atoms with E-state index in [0.717, 1.165) is 0 Å². The standard InChI is InChI=1S/C10H13NO2/c1-6-3-10(13)4-9(12)8(6)2-7(10)5-11/h6-8,13H,2-4H2,1H3/t6-,7-,8+,10+/m0/s1. The smallest absolute Gasteiger partial charge is 0.139 e. The molecule has 0 saturated heterocycles. The van der Waals surface area contributed by atoms with E-state index in [4.69, 9.17) is 5.26 Å². The van der Waals surface area contributed by atoms with E-state index in [9.17, 15) is 9.90 Å². The lowest BCUT2D eigenvalue weighted by molar-refractivity contribution is -0.154. The fraction of sp³-hybridized carbons (Fsp3) is 0.800. The van der Waals surface area contributed by atoms with Crippen molar-refractivity contribution in [3.8, 4) is 6.07 Å². The highest BCUT2D eigenvalue weighted by Gasteiger charge is 2.53. The second-order valence-corrected chi connectivity index (χ2v) is 4.45. The third-order valence-electron chi connectivity index (χ3n) is 3.55. The zero-order valence-electron chi connectivity index (χ0n) is 7.66. The minimum Gasteiger partial charge on any atom is -0.388 e. The minimum atomic E-state index is -1.01. The van der Waals surface area contributed by atoms with Gasteiger partial charge in [0.15, 0.2) is 0 Å². The van der Waals surface area contributed by atoms with E-state index >= 15 is 0 Å². The Kier molecular flexibility index (Phi) is 1.71. The Labute approximate surface area is 77.4 Å². The number of Topliss-reactive ketones (excluding diaryl/α,β-unsaturated/α-hetero) is 1. The van der Waals surface area contributed by atoms with Gasteiger partial charge in [-0.05, 0) is 18.8 Å². The monoisotopic (exact) mass is 179 g/mol. The SMILES string of the molecule is C[C@H]1C[C@@]2(O)CC(=O)[C@@H]1C[C@H]2C#N. The van der Waals surface area contributed by atoms with Crippen LogP contribution in [0.5, 0.6) is 0 Å². The van der Waals surface area contributed by atoms with Gasteiger partial charge in [-0.1, -0.05) is 6.92 Å². The molecule has 3 saturated carbocycles. The van der Waals surface area contributed by atoms with Gasteiger partial charge in [0.1, 0.15) is 5.78 Å². The number of hydrogen-bond acceptors (Lipinski definition) is 3. The van der Waals surface area contributed by atoms with Crippen molar-refractivity contribution in [2.75, 3.05) is 0 Å². The van der Waals surface area contributed by atoms with Crippen molar-refractivity contribution in [2.24, 2.45) is 17.8 Å². The topological polar surface area (TPSA) is 61.1 Å². The molecule has 2 bridgehead atoms. The summed E-state index contributed by atoms with van der Waals surface area (Å²) >= 11 is 0. The molecule has 0 aromatic rings. The Hall–Kier alpha value is -0.880. The van der Waals surface area contributed by atoms with Gasteiger partial charge in [0.25, 0.3) is 0 Å². The molecule has 3 aliphatic carbocycles. The number of carbonyl (C=O) groups is 1. The Bertz CT molecular complexity index is 294. The molecule has 0 heterocycles. The summed E-state index contributed by atoms with van der Waals surface area (Å²) in [5, 5.41) is 18.9. The van der Waals surface area contributed by atoms with Crippen molar-refractivity contribution in [1.29, 1.82) is 5.26 Å². The Morgan fingerprint density at radius 3 is 2.85 bits per heavy atom. The normalized spacial score (nSPS) is 49.0. The minimum absolute atomic E-state index is 0.0266. The Morgan fingerprint density at radius 2 is 2.38 bits per heavy atom. The van der Waals surface area contributed by atoms with Crippen LogP contribution in [0.1, 0.15) is 26.2 Å². The average Bonchev–Trinajstić information content (AvgIpc) is 2.02. The Morgan fingerprint density at radius 1 is 1.69 bits per heavy atom. The molecule has 1 N–H and O–H groups in total. The molecule has 4 atom stereocenters. The number of ketones is 1. The summed E-state index contributed by atoms with van der Waals surface area (Å²) in [5.41, 5.74) is -1.01. The molecule has 0 radical (unpaired) electrons. The van der Waals surface area contributed by atoms with Gasteiger partial charge in [0.05, 0.1) is 17.6 Å². The molecule has 3 nitrogen and oxygen atoms in total. The predicted molar refractivity (Wildman–Crippen MR) is 45.6 cm³/mol. The number of fused-ring (bicyclic) bond motifs is 3. The average molecular weight is 179 g/mol. The lowest BCUT2D eigenvalue weighted by Crippen LogP contribution is -2.54. The quantitative estimate of drug-likeness (QED) is 0.600. The zero-order valence-corrected chi connectivity index (χ0v) is 7.66. The van der Waals surface area contributed by atoms with E-state index in [1.807, 2.05) is 6.92 Å². The molecule has 13 heavy (non-hydrogen) atoms. The van der Waals surface area contributed by atoms with Gasteiger partial charge in [0.2, 0.25) is 0 Å². The van der Waals surface area contributed by atoms with Crippen molar-refractivity contribution in [1.82, 2.24) is 0 Å². The van der Waals surface area contributed by atoms with Crippen molar-refractivity contribution in [2.45, 2.75) is 31.8 Å². The van der Waals surface area contributed by atoms with Crippen molar-refractivity contribution in [3.63, 3.8) is 0 Å². The number of aliphatic hydroxyl groups is 1. The largest absolute Gasteiger partial charge is 0.388 e. The van der Waals surface area contributed by atoms with Crippen LogP contribution in [0.3, 0.4) is 0 Å². The summed E-state index contributed by atoms with van der Waals surface area (Å²) in [6.07, 6.45) is 1.37. The maximum Gasteiger partial charge on any atom is 0.139 e. The van der Waals surface area contributed by atoms with E-state index in [1.165, 1.54) is 0 Å². The lowest BCUT2D eigenvalue weighted by Gasteiger charge is -2.48. The maximum atomic E-state index is 11.5. The molecule has 0 aromatic carbocycles. The second-order valence-electron chi connectivity index (χ2n) is 4.45. The molecule has 0 amide bonds. The summed E-state index contributed by atoms with van der Waals surface area (Å²) in [6, 6.07) is 2.11. The lowest BCUT2D eigenvalue weighted by atomic mass is 9.57. The molecule has 0 unspecified atom stereocenters. The third-order valence-corrected chi connectivity index (χ3v) is 3.55. The summed E-state index contributed by atoms with van der Waals surface area (Å²) in [5.74, 6) is 0.0914. The molecule has 0 spiro atoms. The summed E-state index contributed by atoms with van der Waals surface area (Å²) in [4.78, 5) is 11.5. The molecule has 3 rings (SSSR count). The second kappa shape index (κ2) is 2.55. The van der Waals surface area contributed by atoms with Gasteiger partial charge in [-0.25, -0.2) is 0 Å². The summed E-state index contributed by atoms with van der Waals surface area (Å²) < 4.78 is 0. The fourth-order valence-electron chi connectivity index (χ4n) is 2.80. The van der Waals surface area contributed by atoms with E-state index in [1.54, 1.807) is 0 Å². The first-order valence-corrected chi connectivity index (χ1v) is 4.71. The molecular formula is C10H13NO2. The molecule has 3 fully saturated rings. The highest BCUT2D eigenvalue weighted by molar-refractivity contribution is 5.84. The summed E-state index contributed by atoms with van der Waals surface area (Å²) in [7, 11) is 0. The van der Waals surface area contributed by atoms with Gasteiger partial charge >= 0.3 is 0 Å². The molecular weight excluding hydrogens is 166 g/mol. The number of hydrogen-bond donors (Lipinski definition) is 1. The van der Waals surface area contributed by atoms with Crippen LogP contribution in [0.2, 0.25) is 0 Å². The molecule has 3 aliphatic rings. The van der Waals surface area contributed by atoms with Crippen LogP contribution in [0.15, 0.2) is 0 Å². The van der Waals surface area contributed by atoms with E-state index in [0.29, 0.717) is 12.8 Å². The van der Waals surface area contributed by atoms with E-state index in [2.05, 4.69) is 6.07 Å². The van der Waals surface area contributed by atoms with Crippen LogP contribution in [0.25, 0.3) is 0 Å². The van der Waals surface area contributed by atoms with Crippen molar-refractivity contribution in [3.05, 3.63) is 0 Å². The van der Waals surface area contributed by atoms with E-state index in [-0.39, 0.29) is 30.0 Å². The highest BCUT2D eigenvalue weighted by Crippen LogP contribution is 2.48. The first-order chi connectivity index (χ1) is 6.07. The van der Waals surface area contributed by atoms with Gasteiger partial charge in [0, 0.05) is 12.3 Å². The maximum absolute atomic E-state index is 11.5. The van der Waals surface area contributed by atoms with Crippen molar-refractivity contribution < 1.29 is 9.90 Å². The van der Waals surface area contributed by atoms with Gasteiger partial charge < -0.3 is 5.11 Å². The molecule has 70 valence electrons.